The molecule has 0 aliphatic carbocycles. The zero-order valence-corrected chi connectivity index (χ0v) is 12.3. The number of rotatable bonds is 5. The summed E-state index contributed by atoms with van der Waals surface area (Å²) in [4.78, 5) is 11.2. The SMILES string of the molecule is CCN1CCCC(Nc2cc(NN)nc(SC)n2)C1. The van der Waals surface area contributed by atoms with Crippen molar-refractivity contribution in [3.05, 3.63) is 6.07 Å². The third-order valence-electron chi connectivity index (χ3n) is 3.34. The van der Waals surface area contributed by atoms with Crippen molar-refractivity contribution in [1.82, 2.24) is 14.9 Å². The van der Waals surface area contributed by atoms with E-state index in [1.165, 1.54) is 31.1 Å². The second-order valence-electron chi connectivity index (χ2n) is 4.65. The molecular weight excluding hydrogens is 260 g/mol. The van der Waals surface area contributed by atoms with Gasteiger partial charge in [-0.25, -0.2) is 15.8 Å². The van der Waals surface area contributed by atoms with Crippen LogP contribution in [0.1, 0.15) is 19.8 Å². The zero-order valence-electron chi connectivity index (χ0n) is 11.5. The molecule has 0 radical (unpaired) electrons. The first kappa shape index (κ1) is 14.4. The van der Waals surface area contributed by atoms with Gasteiger partial charge in [0.15, 0.2) is 5.16 Å². The number of hydrogen-bond donors (Lipinski definition) is 3. The van der Waals surface area contributed by atoms with Gasteiger partial charge in [0.2, 0.25) is 0 Å². The van der Waals surface area contributed by atoms with Crippen molar-refractivity contribution in [1.29, 1.82) is 0 Å². The Morgan fingerprint density at radius 3 is 2.95 bits per heavy atom. The van der Waals surface area contributed by atoms with Crippen molar-refractivity contribution in [3.8, 4) is 0 Å². The van der Waals surface area contributed by atoms with E-state index in [1.807, 2.05) is 12.3 Å². The predicted molar refractivity (Wildman–Crippen MR) is 80.4 cm³/mol. The van der Waals surface area contributed by atoms with E-state index in [0.717, 1.165) is 24.1 Å². The fourth-order valence-corrected chi connectivity index (χ4v) is 2.71. The van der Waals surface area contributed by atoms with Crippen LogP contribution in [0.15, 0.2) is 11.2 Å². The molecule has 7 heteroatoms. The maximum Gasteiger partial charge on any atom is 0.191 e. The standard InChI is InChI=1S/C12H22N6S/c1-3-18-6-4-5-9(8-18)14-10-7-11(17-13)16-12(15-10)19-2/h7,9H,3-6,8,13H2,1-2H3,(H2,14,15,16,17). The topological polar surface area (TPSA) is 79.1 Å². The van der Waals surface area contributed by atoms with Crippen molar-refractivity contribution in [2.45, 2.75) is 31.0 Å². The van der Waals surface area contributed by atoms with Crippen LogP contribution in [0, 0.1) is 0 Å². The number of likely N-dealkylation sites (tertiary alicyclic amines) is 1. The van der Waals surface area contributed by atoms with E-state index in [1.54, 1.807) is 0 Å². The van der Waals surface area contributed by atoms with Gasteiger partial charge < -0.3 is 15.6 Å². The minimum Gasteiger partial charge on any atom is -0.366 e. The minimum atomic E-state index is 0.448. The summed E-state index contributed by atoms with van der Waals surface area (Å²) in [6.45, 7) is 5.58. The molecule has 4 N–H and O–H groups in total. The lowest BCUT2D eigenvalue weighted by atomic mass is 10.1. The number of likely N-dealkylation sites (N-methyl/N-ethyl adjacent to an activating group) is 1. The van der Waals surface area contributed by atoms with Crippen LogP contribution in [-0.4, -0.2) is 46.8 Å². The normalized spacial score (nSPS) is 20.3. The van der Waals surface area contributed by atoms with Crippen LogP contribution in [0.5, 0.6) is 0 Å². The highest BCUT2D eigenvalue weighted by molar-refractivity contribution is 7.98. The average Bonchev–Trinajstić information content (AvgIpc) is 2.47. The Labute approximate surface area is 118 Å². The van der Waals surface area contributed by atoms with E-state index in [4.69, 9.17) is 5.84 Å². The number of nitrogen functional groups attached to an aromatic ring is 1. The van der Waals surface area contributed by atoms with Gasteiger partial charge in [-0.2, -0.15) is 0 Å². The van der Waals surface area contributed by atoms with E-state index >= 15 is 0 Å². The second kappa shape index (κ2) is 6.93. The maximum absolute atomic E-state index is 5.43. The molecule has 1 aromatic rings. The number of nitrogens with two attached hydrogens (primary N) is 1. The monoisotopic (exact) mass is 282 g/mol. The molecule has 1 atom stereocenters. The molecule has 0 saturated carbocycles. The number of aromatic nitrogens is 2. The van der Waals surface area contributed by atoms with Crippen molar-refractivity contribution in [3.63, 3.8) is 0 Å². The zero-order chi connectivity index (χ0) is 13.7. The van der Waals surface area contributed by atoms with E-state index in [9.17, 15) is 0 Å². The van der Waals surface area contributed by atoms with Crippen molar-refractivity contribution < 1.29 is 0 Å². The Hall–Kier alpha value is -1.05. The number of nitrogens with zero attached hydrogens (tertiary/aromatic N) is 3. The molecule has 1 aromatic heterocycles. The fraction of sp³-hybridized carbons (Fsp3) is 0.667. The van der Waals surface area contributed by atoms with Crippen LogP contribution in [0.25, 0.3) is 0 Å². The van der Waals surface area contributed by atoms with Gasteiger partial charge in [0.05, 0.1) is 0 Å². The Kier molecular flexibility index (Phi) is 5.24. The van der Waals surface area contributed by atoms with Crippen LogP contribution < -0.4 is 16.6 Å². The molecule has 19 heavy (non-hydrogen) atoms. The first-order valence-electron chi connectivity index (χ1n) is 6.63. The highest BCUT2D eigenvalue weighted by Crippen LogP contribution is 2.19. The summed E-state index contributed by atoms with van der Waals surface area (Å²) in [6.07, 6.45) is 4.37. The number of piperidine rings is 1. The molecule has 106 valence electrons. The summed E-state index contributed by atoms with van der Waals surface area (Å²) < 4.78 is 0. The Morgan fingerprint density at radius 1 is 1.47 bits per heavy atom. The first-order valence-corrected chi connectivity index (χ1v) is 7.86. The maximum atomic E-state index is 5.43. The lowest BCUT2D eigenvalue weighted by molar-refractivity contribution is 0.226. The Morgan fingerprint density at radius 2 is 2.26 bits per heavy atom. The molecule has 1 saturated heterocycles. The lowest BCUT2D eigenvalue weighted by Crippen LogP contribution is -2.42. The van der Waals surface area contributed by atoms with Crippen LogP contribution in [0.4, 0.5) is 11.6 Å². The molecule has 0 bridgehead atoms. The minimum absolute atomic E-state index is 0.448. The van der Waals surface area contributed by atoms with Crippen LogP contribution in [-0.2, 0) is 0 Å². The first-order chi connectivity index (χ1) is 9.25. The van der Waals surface area contributed by atoms with E-state index < -0.39 is 0 Å². The third kappa shape index (κ3) is 3.95. The van der Waals surface area contributed by atoms with Crippen LogP contribution >= 0.6 is 11.8 Å². The molecule has 1 unspecified atom stereocenters. The summed E-state index contributed by atoms with van der Waals surface area (Å²) in [7, 11) is 0. The van der Waals surface area contributed by atoms with E-state index in [2.05, 4.69) is 32.5 Å². The summed E-state index contributed by atoms with van der Waals surface area (Å²) in [6, 6.07) is 2.30. The van der Waals surface area contributed by atoms with Crippen molar-refractivity contribution >= 4 is 23.4 Å². The summed E-state index contributed by atoms with van der Waals surface area (Å²) in [5, 5.41) is 4.22. The summed E-state index contributed by atoms with van der Waals surface area (Å²) in [5.74, 6) is 6.92. The lowest BCUT2D eigenvalue weighted by Gasteiger charge is -2.32. The van der Waals surface area contributed by atoms with Crippen LogP contribution in [0.2, 0.25) is 0 Å². The van der Waals surface area contributed by atoms with Gasteiger partial charge >= 0.3 is 0 Å². The molecule has 2 heterocycles. The molecule has 1 fully saturated rings. The van der Waals surface area contributed by atoms with Gasteiger partial charge in [0.25, 0.3) is 0 Å². The number of hydrazine groups is 1. The molecule has 6 nitrogen and oxygen atoms in total. The highest BCUT2D eigenvalue weighted by Gasteiger charge is 2.19. The van der Waals surface area contributed by atoms with Gasteiger partial charge in [-0.3, -0.25) is 0 Å². The molecule has 0 aromatic carbocycles. The predicted octanol–water partition coefficient (Wildman–Crippen LogP) is 1.38. The molecule has 0 spiro atoms. The Bertz CT molecular complexity index is 391. The Balaban J connectivity index is 2.05. The van der Waals surface area contributed by atoms with Gasteiger partial charge in [0, 0.05) is 18.7 Å². The molecule has 1 aliphatic heterocycles. The van der Waals surface area contributed by atoms with Gasteiger partial charge in [0.1, 0.15) is 11.6 Å². The molecule has 1 aliphatic rings. The summed E-state index contributed by atoms with van der Waals surface area (Å²) >= 11 is 1.51. The van der Waals surface area contributed by atoms with Crippen LogP contribution in [0.3, 0.4) is 0 Å². The van der Waals surface area contributed by atoms with Gasteiger partial charge in [-0.05, 0) is 32.2 Å². The molecular formula is C12H22N6S. The summed E-state index contributed by atoms with van der Waals surface area (Å²) in [5.41, 5.74) is 2.58. The number of nitrogens with one attached hydrogen (secondary N) is 2. The van der Waals surface area contributed by atoms with E-state index in [0.29, 0.717) is 11.9 Å². The number of hydrogen-bond acceptors (Lipinski definition) is 7. The second-order valence-corrected chi connectivity index (χ2v) is 5.42. The molecule has 2 rings (SSSR count). The van der Waals surface area contributed by atoms with Crippen molar-refractivity contribution in [2.24, 2.45) is 5.84 Å². The third-order valence-corrected chi connectivity index (χ3v) is 3.89. The van der Waals surface area contributed by atoms with Crippen molar-refractivity contribution in [2.75, 3.05) is 36.6 Å². The van der Waals surface area contributed by atoms with E-state index in [-0.39, 0.29) is 0 Å². The molecule has 0 amide bonds. The fourth-order valence-electron chi connectivity index (χ4n) is 2.33. The number of thioether (sulfide) groups is 1. The smallest absolute Gasteiger partial charge is 0.191 e. The quantitative estimate of drug-likeness (QED) is 0.326. The largest absolute Gasteiger partial charge is 0.366 e. The van der Waals surface area contributed by atoms with Gasteiger partial charge in [-0.1, -0.05) is 18.7 Å². The number of anilines is 2. The average molecular weight is 282 g/mol. The van der Waals surface area contributed by atoms with Gasteiger partial charge in [-0.15, -0.1) is 0 Å². The highest BCUT2D eigenvalue weighted by atomic mass is 32.2.